The van der Waals surface area contributed by atoms with E-state index in [9.17, 15) is 4.79 Å². The van der Waals surface area contributed by atoms with Gasteiger partial charge in [0.05, 0.1) is 12.2 Å². The molecule has 0 radical (unpaired) electrons. The van der Waals surface area contributed by atoms with Crippen LogP contribution in [-0.2, 0) is 12.0 Å². The van der Waals surface area contributed by atoms with Crippen molar-refractivity contribution >= 4 is 11.5 Å². The molecule has 0 aliphatic carbocycles. The monoisotopic (exact) mass is 387 g/mol. The predicted molar refractivity (Wildman–Crippen MR) is 116 cm³/mol. The van der Waals surface area contributed by atoms with Crippen molar-refractivity contribution in [3.63, 3.8) is 0 Å². The van der Waals surface area contributed by atoms with Crippen LogP contribution >= 0.6 is 0 Å². The lowest BCUT2D eigenvalue weighted by Gasteiger charge is -2.18. The molecule has 2 heterocycles. The summed E-state index contributed by atoms with van der Waals surface area (Å²) in [5, 5.41) is 6.39. The van der Waals surface area contributed by atoms with Crippen molar-refractivity contribution in [3.8, 4) is 11.4 Å². The summed E-state index contributed by atoms with van der Waals surface area (Å²) in [6, 6.07) is 17.8. The third-order valence-electron chi connectivity index (χ3n) is 5.01. The molecule has 4 aromatic rings. The molecule has 6 nitrogen and oxygen atoms in total. The molecular formula is C23H25N5O. The number of anilines is 1. The van der Waals surface area contributed by atoms with E-state index in [1.807, 2.05) is 43.3 Å². The number of hydrogen-bond donors (Lipinski definition) is 2. The maximum absolute atomic E-state index is 12.5. The van der Waals surface area contributed by atoms with Gasteiger partial charge in [0.25, 0.3) is 11.3 Å². The molecule has 0 spiro atoms. The average Bonchev–Trinajstić information content (AvgIpc) is 3.12. The average molecular weight is 387 g/mol. The minimum atomic E-state index is -0.179. The lowest BCUT2D eigenvalue weighted by atomic mass is 9.87. The normalized spacial score (nSPS) is 11.7. The van der Waals surface area contributed by atoms with Crippen LogP contribution in [0.3, 0.4) is 0 Å². The molecule has 29 heavy (non-hydrogen) atoms. The molecule has 0 aliphatic heterocycles. The number of hydrogen-bond acceptors (Lipinski definition) is 4. The summed E-state index contributed by atoms with van der Waals surface area (Å²) in [6.07, 6.45) is 0. The number of H-pyrrole nitrogens is 1. The van der Waals surface area contributed by atoms with Crippen LogP contribution in [0.4, 0.5) is 5.69 Å². The van der Waals surface area contributed by atoms with Gasteiger partial charge in [0.2, 0.25) is 0 Å². The van der Waals surface area contributed by atoms with Crippen LogP contribution in [-0.4, -0.2) is 19.6 Å². The number of aromatic nitrogens is 4. The van der Waals surface area contributed by atoms with Crippen LogP contribution in [0.5, 0.6) is 0 Å². The Hall–Kier alpha value is -3.41. The first-order chi connectivity index (χ1) is 13.8. The maximum Gasteiger partial charge on any atom is 0.274 e. The molecule has 0 amide bonds. The van der Waals surface area contributed by atoms with Gasteiger partial charge in [0.15, 0.2) is 5.82 Å². The van der Waals surface area contributed by atoms with Crippen molar-refractivity contribution in [2.24, 2.45) is 0 Å². The number of nitrogens with zero attached hydrogens (tertiary/aromatic N) is 3. The molecule has 0 aliphatic rings. The lowest BCUT2D eigenvalue weighted by Crippen LogP contribution is -2.17. The molecule has 4 rings (SSSR count). The summed E-state index contributed by atoms with van der Waals surface area (Å²) in [5.41, 5.74) is 4.90. The number of rotatable bonds is 4. The molecule has 0 atom stereocenters. The van der Waals surface area contributed by atoms with Gasteiger partial charge in [-0.05, 0) is 29.5 Å². The second-order valence-electron chi connectivity index (χ2n) is 8.29. The smallest absolute Gasteiger partial charge is 0.274 e. The summed E-state index contributed by atoms with van der Waals surface area (Å²) in [7, 11) is 0. The summed E-state index contributed by atoms with van der Waals surface area (Å²) in [6.45, 7) is 9.04. The van der Waals surface area contributed by atoms with E-state index in [1.54, 1.807) is 0 Å². The van der Waals surface area contributed by atoms with E-state index >= 15 is 0 Å². The zero-order valence-electron chi connectivity index (χ0n) is 17.2. The Kier molecular flexibility index (Phi) is 4.70. The van der Waals surface area contributed by atoms with Crippen molar-refractivity contribution in [1.29, 1.82) is 0 Å². The van der Waals surface area contributed by atoms with Gasteiger partial charge in [0.1, 0.15) is 0 Å². The van der Waals surface area contributed by atoms with Gasteiger partial charge >= 0.3 is 0 Å². The van der Waals surface area contributed by atoms with E-state index in [2.05, 4.69) is 53.3 Å². The fraction of sp³-hybridized carbons (Fsp3) is 0.261. The first-order valence-electron chi connectivity index (χ1n) is 9.70. The number of fused-ring (bicyclic) bond motifs is 1. The van der Waals surface area contributed by atoms with Gasteiger partial charge in [0, 0.05) is 17.3 Å². The second kappa shape index (κ2) is 7.20. The SMILES string of the molecule is Cc1ccccc1NCc1cc(=O)n2[nH]c(-c3ccc(C(C)(C)C)cc3)nc2n1. The van der Waals surface area contributed by atoms with Crippen LogP contribution in [0.1, 0.15) is 37.6 Å². The van der Waals surface area contributed by atoms with Crippen LogP contribution in [0.15, 0.2) is 59.4 Å². The Morgan fingerprint density at radius 3 is 2.45 bits per heavy atom. The number of benzene rings is 2. The van der Waals surface area contributed by atoms with Crippen molar-refractivity contribution in [2.75, 3.05) is 5.32 Å². The number of aryl methyl sites for hydroxylation is 1. The first-order valence-corrected chi connectivity index (χ1v) is 9.70. The Morgan fingerprint density at radius 1 is 1.03 bits per heavy atom. The summed E-state index contributed by atoms with van der Waals surface area (Å²) in [5.74, 6) is 0.994. The van der Waals surface area contributed by atoms with Crippen molar-refractivity contribution in [2.45, 2.75) is 39.7 Å². The highest BCUT2D eigenvalue weighted by molar-refractivity contribution is 5.58. The quantitative estimate of drug-likeness (QED) is 0.547. The van der Waals surface area contributed by atoms with Gasteiger partial charge < -0.3 is 5.32 Å². The Bertz CT molecular complexity index is 1210. The van der Waals surface area contributed by atoms with E-state index < -0.39 is 0 Å². The zero-order chi connectivity index (χ0) is 20.6. The molecule has 2 aromatic heterocycles. The predicted octanol–water partition coefficient (Wildman–Crippen LogP) is 4.30. The zero-order valence-corrected chi connectivity index (χ0v) is 17.2. The molecule has 148 valence electrons. The molecule has 0 saturated carbocycles. The van der Waals surface area contributed by atoms with Gasteiger partial charge in [-0.3, -0.25) is 9.89 Å². The van der Waals surface area contributed by atoms with Crippen LogP contribution in [0.25, 0.3) is 17.2 Å². The molecule has 2 N–H and O–H groups in total. The number of para-hydroxylation sites is 1. The van der Waals surface area contributed by atoms with Crippen LogP contribution in [0.2, 0.25) is 0 Å². The molecular weight excluding hydrogens is 362 g/mol. The Balaban J connectivity index is 1.62. The maximum atomic E-state index is 12.5. The van der Waals surface area contributed by atoms with Crippen molar-refractivity contribution < 1.29 is 0 Å². The van der Waals surface area contributed by atoms with E-state index in [-0.39, 0.29) is 11.0 Å². The highest BCUT2D eigenvalue weighted by Crippen LogP contribution is 2.24. The largest absolute Gasteiger partial charge is 0.379 e. The number of aromatic amines is 1. The van der Waals surface area contributed by atoms with Gasteiger partial charge in [-0.15, -0.1) is 0 Å². The summed E-state index contributed by atoms with van der Waals surface area (Å²) in [4.78, 5) is 21.6. The summed E-state index contributed by atoms with van der Waals surface area (Å²) < 4.78 is 1.38. The molecule has 0 unspecified atom stereocenters. The van der Waals surface area contributed by atoms with Crippen molar-refractivity contribution in [1.82, 2.24) is 19.6 Å². The highest BCUT2D eigenvalue weighted by atomic mass is 16.1. The lowest BCUT2D eigenvalue weighted by molar-refractivity contribution is 0.590. The molecule has 2 aromatic carbocycles. The molecule has 6 heteroatoms. The van der Waals surface area contributed by atoms with E-state index in [0.29, 0.717) is 23.8 Å². The minimum absolute atomic E-state index is 0.0872. The van der Waals surface area contributed by atoms with Gasteiger partial charge in [-0.1, -0.05) is 63.2 Å². The van der Waals surface area contributed by atoms with E-state index in [4.69, 9.17) is 0 Å². The van der Waals surface area contributed by atoms with Crippen molar-refractivity contribution in [3.05, 3.63) is 81.8 Å². The van der Waals surface area contributed by atoms with Crippen LogP contribution < -0.4 is 10.9 Å². The third-order valence-corrected chi connectivity index (χ3v) is 5.01. The second-order valence-corrected chi connectivity index (χ2v) is 8.29. The molecule has 0 bridgehead atoms. The first kappa shape index (κ1) is 18.9. The Morgan fingerprint density at radius 2 is 1.76 bits per heavy atom. The van der Waals surface area contributed by atoms with E-state index in [1.165, 1.54) is 16.1 Å². The molecule has 0 saturated heterocycles. The summed E-state index contributed by atoms with van der Waals surface area (Å²) >= 11 is 0. The highest BCUT2D eigenvalue weighted by Gasteiger charge is 2.14. The topological polar surface area (TPSA) is 75.1 Å². The van der Waals surface area contributed by atoms with Gasteiger partial charge in [-0.2, -0.15) is 9.50 Å². The molecule has 0 fully saturated rings. The van der Waals surface area contributed by atoms with Crippen LogP contribution in [0, 0.1) is 6.92 Å². The standard InChI is InChI=1S/C23H25N5O/c1-15-7-5-6-8-19(15)24-14-18-13-20(29)28-22(25-18)26-21(27-28)16-9-11-17(12-10-16)23(2,3)4/h5-13,24H,14H2,1-4H3,(H,25,26,27). The number of nitrogens with one attached hydrogen (secondary N) is 2. The fourth-order valence-corrected chi connectivity index (χ4v) is 3.23. The van der Waals surface area contributed by atoms with E-state index in [0.717, 1.165) is 16.8 Å². The minimum Gasteiger partial charge on any atom is -0.379 e. The fourth-order valence-electron chi connectivity index (χ4n) is 3.23. The third kappa shape index (κ3) is 3.92. The van der Waals surface area contributed by atoms with Gasteiger partial charge in [-0.25, -0.2) is 4.98 Å². The Labute approximate surface area is 169 Å².